The highest BCUT2D eigenvalue weighted by Crippen LogP contribution is 2.29. The first kappa shape index (κ1) is 18.0. The van der Waals surface area contributed by atoms with Crippen LogP contribution in [0, 0.1) is 11.3 Å². The fraction of sp³-hybridized carbons (Fsp3) is 0.174. The van der Waals surface area contributed by atoms with Crippen molar-refractivity contribution in [1.29, 1.82) is 5.26 Å². The van der Waals surface area contributed by atoms with E-state index in [1.165, 1.54) is 0 Å². The summed E-state index contributed by atoms with van der Waals surface area (Å²) in [5.41, 5.74) is 2.42. The second-order valence-corrected chi connectivity index (χ2v) is 7.09. The number of rotatable bonds is 3. The Labute approximate surface area is 174 Å². The van der Waals surface area contributed by atoms with E-state index in [1.807, 2.05) is 36.4 Å². The predicted molar refractivity (Wildman–Crippen MR) is 116 cm³/mol. The summed E-state index contributed by atoms with van der Waals surface area (Å²) in [6, 6.07) is 17.8. The van der Waals surface area contributed by atoms with E-state index in [0.717, 1.165) is 54.3 Å². The molecule has 0 bridgehead atoms. The van der Waals surface area contributed by atoms with Gasteiger partial charge in [-0.3, -0.25) is 4.98 Å². The topological polar surface area (TPSA) is 81.8 Å². The third-order valence-electron chi connectivity index (χ3n) is 5.29. The van der Waals surface area contributed by atoms with Crippen molar-refractivity contribution in [3.05, 3.63) is 72.7 Å². The third-order valence-corrected chi connectivity index (χ3v) is 5.29. The van der Waals surface area contributed by atoms with Crippen molar-refractivity contribution in [3.63, 3.8) is 0 Å². The zero-order valence-corrected chi connectivity index (χ0v) is 16.3. The molecule has 30 heavy (non-hydrogen) atoms. The Kier molecular flexibility index (Phi) is 4.66. The minimum atomic E-state index is 0.609. The van der Waals surface area contributed by atoms with E-state index < -0.39 is 0 Å². The standard InChI is InChI=1S/C23H19N7/c24-15-17-5-4-10-26-22(17)29-11-13-30(14-12-29)23-19-7-1-2-8-20(19)27-21(28-23)18-6-3-9-25-16-18/h1-10,16H,11-14H2. The lowest BCUT2D eigenvalue weighted by atomic mass is 10.1. The van der Waals surface area contributed by atoms with Gasteiger partial charge < -0.3 is 9.80 Å². The fourth-order valence-corrected chi connectivity index (χ4v) is 3.79. The Hall–Kier alpha value is -4.05. The Bertz CT molecular complexity index is 1230. The SMILES string of the molecule is N#Cc1cccnc1N1CCN(c2nc(-c3cccnc3)nc3ccccc23)CC1. The third kappa shape index (κ3) is 3.29. The van der Waals surface area contributed by atoms with Crippen LogP contribution in [-0.4, -0.2) is 46.1 Å². The van der Waals surface area contributed by atoms with Gasteiger partial charge in [0, 0.05) is 55.7 Å². The summed E-state index contributed by atoms with van der Waals surface area (Å²) in [7, 11) is 0. The van der Waals surface area contributed by atoms with Crippen molar-refractivity contribution in [2.24, 2.45) is 0 Å². The Morgan fingerprint density at radius 3 is 2.33 bits per heavy atom. The van der Waals surface area contributed by atoms with Crippen molar-refractivity contribution in [3.8, 4) is 17.5 Å². The molecule has 3 aromatic heterocycles. The highest BCUT2D eigenvalue weighted by atomic mass is 15.3. The van der Waals surface area contributed by atoms with Crippen LogP contribution in [-0.2, 0) is 0 Å². The molecule has 1 aliphatic rings. The second kappa shape index (κ2) is 7.76. The second-order valence-electron chi connectivity index (χ2n) is 7.09. The number of pyridine rings is 2. The average molecular weight is 393 g/mol. The lowest BCUT2D eigenvalue weighted by Gasteiger charge is -2.36. The van der Waals surface area contributed by atoms with Gasteiger partial charge in [0.1, 0.15) is 17.7 Å². The molecule has 1 aliphatic heterocycles. The molecule has 1 aromatic carbocycles. The van der Waals surface area contributed by atoms with E-state index in [1.54, 1.807) is 24.7 Å². The minimum absolute atomic E-state index is 0.609. The van der Waals surface area contributed by atoms with Crippen LogP contribution in [0.25, 0.3) is 22.3 Å². The molecule has 0 amide bonds. The molecule has 1 saturated heterocycles. The smallest absolute Gasteiger partial charge is 0.163 e. The van der Waals surface area contributed by atoms with Crippen LogP contribution in [0.5, 0.6) is 0 Å². The first-order valence-corrected chi connectivity index (χ1v) is 9.86. The molecule has 4 aromatic rings. The van der Waals surface area contributed by atoms with Gasteiger partial charge in [-0.1, -0.05) is 12.1 Å². The molecule has 4 heterocycles. The van der Waals surface area contributed by atoms with E-state index in [4.69, 9.17) is 9.97 Å². The highest BCUT2D eigenvalue weighted by molar-refractivity contribution is 5.91. The van der Waals surface area contributed by atoms with Gasteiger partial charge in [0.25, 0.3) is 0 Å². The number of nitriles is 1. The van der Waals surface area contributed by atoms with Gasteiger partial charge in [0.2, 0.25) is 0 Å². The summed E-state index contributed by atoms with van der Waals surface area (Å²) in [5, 5.41) is 10.4. The molecule has 0 aliphatic carbocycles. The van der Waals surface area contributed by atoms with Crippen molar-refractivity contribution >= 4 is 22.5 Å². The first-order valence-electron chi connectivity index (χ1n) is 9.86. The average Bonchev–Trinajstić information content (AvgIpc) is 2.84. The molecule has 0 unspecified atom stereocenters. The molecule has 0 spiro atoms. The molecule has 146 valence electrons. The molecular weight excluding hydrogens is 374 g/mol. The van der Waals surface area contributed by atoms with Crippen molar-refractivity contribution < 1.29 is 0 Å². The van der Waals surface area contributed by atoms with Crippen molar-refractivity contribution in [2.45, 2.75) is 0 Å². The number of hydrogen-bond donors (Lipinski definition) is 0. The molecular formula is C23H19N7. The molecule has 7 nitrogen and oxygen atoms in total. The summed E-state index contributed by atoms with van der Waals surface area (Å²) < 4.78 is 0. The van der Waals surface area contributed by atoms with Gasteiger partial charge in [0.05, 0.1) is 11.1 Å². The molecule has 0 saturated carbocycles. The monoisotopic (exact) mass is 393 g/mol. The number of piperazine rings is 1. The van der Waals surface area contributed by atoms with Crippen LogP contribution in [0.2, 0.25) is 0 Å². The molecule has 0 atom stereocenters. The predicted octanol–water partition coefficient (Wildman–Crippen LogP) is 3.29. The van der Waals surface area contributed by atoms with Gasteiger partial charge in [-0.05, 0) is 36.4 Å². The minimum Gasteiger partial charge on any atom is -0.352 e. The Balaban J connectivity index is 1.48. The van der Waals surface area contributed by atoms with Crippen LogP contribution in [0.1, 0.15) is 5.56 Å². The van der Waals surface area contributed by atoms with Gasteiger partial charge >= 0.3 is 0 Å². The fourth-order valence-electron chi connectivity index (χ4n) is 3.79. The number of nitrogens with zero attached hydrogens (tertiary/aromatic N) is 7. The number of benzene rings is 1. The van der Waals surface area contributed by atoms with E-state index in [9.17, 15) is 5.26 Å². The van der Waals surface area contributed by atoms with E-state index in [-0.39, 0.29) is 0 Å². The van der Waals surface area contributed by atoms with Crippen LogP contribution < -0.4 is 9.80 Å². The number of hydrogen-bond acceptors (Lipinski definition) is 7. The maximum Gasteiger partial charge on any atom is 0.163 e. The first-order chi connectivity index (χ1) is 14.8. The number of anilines is 2. The summed E-state index contributed by atoms with van der Waals surface area (Å²) in [4.78, 5) is 22.8. The number of para-hydroxylation sites is 1. The molecule has 7 heteroatoms. The quantitative estimate of drug-likeness (QED) is 0.528. The van der Waals surface area contributed by atoms with Crippen molar-refractivity contribution in [1.82, 2.24) is 19.9 Å². The lowest BCUT2D eigenvalue weighted by Crippen LogP contribution is -2.47. The highest BCUT2D eigenvalue weighted by Gasteiger charge is 2.23. The molecule has 0 N–H and O–H groups in total. The normalized spacial score (nSPS) is 14.0. The zero-order chi connectivity index (χ0) is 20.3. The van der Waals surface area contributed by atoms with Gasteiger partial charge in [-0.2, -0.15) is 5.26 Å². The maximum atomic E-state index is 9.39. The van der Waals surface area contributed by atoms with E-state index in [2.05, 4.69) is 31.9 Å². The summed E-state index contributed by atoms with van der Waals surface area (Å²) in [6.07, 6.45) is 5.27. The van der Waals surface area contributed by atoms with Gasteiger partial charge in [-0.25, -0.2) is 15.0 Å². The zero-order valence-electron chi connectivity index (χ0n) is 16.3. The van der Waals surface area contributed by atoms with Crippen LogP contribution >= 0.6 is 0 Å². The Morgan fingerprint density at radius 1 is 0.800 bits per heavy atom. The van der Waals surface area contributed by atoms with Crippen LogP contribution in [0.4, 0.5) is 11.6 Å². The molecule has 1 fully saturated rings. The summed E-state index contributed by atoms with van der Waals surface area (Å²) >= 11 is 0. The maximum absolute atomic E-state index is 9.39. The molecule has 0 radical (unpaired) electrons. The van der Waals surface area contributed by atoms with E-state index >= 15 is 0 Å². The van der Waals surface area contributed by atoms with E-state index in [0.29, 0.717) is 11.4 Å². The van der Waals surface area contributed by atoms with Crippen molar-refractivity contribution in [2.75, 3.05) is 36.0 Å². The van der Waals surface area contributed by atoms with Gasteiger partial charge in [-0.15, -0.1) is 0 Å². The summed E-state index contributed by atoms with van der Waals surface area (Å²) in [6.45, 7) is 3.11. The number of fused-ring (bicyclic) bond motifs is 1. The van der Waals surface area contributed by atoms with Crippen LogP contribution in [0.15, 0.2) is 67.1 Å². The largest absolute Gasteiger partial charge is 0.352 e. The molecule has 5 rings (SSSR count). The van der Waals surface area contributed by atoms with Gasteiger partial charge in [0.15, 0.2) is 5.82 Å². The summed E-state index contributed by atoms with van der Waals surface area (Å²) in [5.74, 6) is 2.36. The van der Waals surface area contributed by atoms with Crippen LogP contribution in [0.3, 0.4) is 0 Å². The lowest BCUT2D eigenvalue weighted by molar-refractivity contribution is 0.643. The number of aromatic nitrogens is 4. The Morgan fingerprint density at radius 2 is 1.57 bits per heavy atom.